The molecule has 100 valence electrons. The SMILES string of the molecule is CCCc1cc(=O)[nH]c(Cc2ccc(OC)cc2)n1. The van der Waals surface area contributed by atoms with Crippen molar-refractivity contribution in [3.8, 4) is 5.75 Å². The average Bonchev–Trinajstić information content (AvgIpc) is 2.39. The van der Waals surface area contributed by atoms with Crippen LogP contribution in [-0.4, -0.2) is 17.1 Å². The van der Waals surface area contributed by atoms with Crippen molar-refractivity contribution in [2.75, 3.05) is 7.11 Å². The molecule has 0 aliphatic rings. The van der Waals surface area contributed by atoms with Gasteiger partial charge in [-0.2, -0.15) is 0 Å². The van der Waals surface area contributed by atoms with Crippen LogP contribution in [0.25, 0.3) is 0 Å². The molecule has 2 rings (SSSR count). The molecule has 19 heavy (non-hydrogen) atoms. The zero-order valence-electron chi connectivity index (χ0n) is 11.3. The van der Waals surface area contributed by atoms with Crippen LogP contribution in [0.4, 0.5) is 0 Å². The van der Waals surface area contributed by atoms with Gasteiger partial charge in [-0.25, -0.2) is 4.98 Å². The summed E-state index contributed by atoms with van der Waals surface area (Å²) in [5, 5.41) is 0. The first-order valence-electron chi connectivity index (χ1n) is 6.43. The van der Waals surface area contributed by atoms with Crippen molar-refractivity contribution in [3.63, 3.8) is 0 Å². The molecule has 0 fully saturated rings. The van der Waals surface area contributed by atoms with Crippen LogP contribution in [0, 0.1) is 0 Å². The molecule has 0 amide bonds. The first-order chi connectivity index (χ1) is 9.21. The highest BCUT2D eigenvalue weighted by molar-refractivity contribution is 5.28. The molecule has 0 saturated carbocycles. The summed E-state index contributed by atoms with van der Waals surface area (Å²) in [5.74, 6) is 1.53. The van der Waals surface area contributed by atoms with E-state index in [2.05, 4.69) is 16.9 Å². The number of hydrogen-bond donors (Lipinski definition) is 1. The number of benzene rings is 1. The molecule has 0 spiro atoms. The van der Waals surface area contributed by atoms with Gasteiger partial charge in [0.15, 0.2) is 0 Å². The van der Waals surface area contributed by atoms with Crippen LogP contribution in [0.1, 0.15) is 30.4 Å². The third-order valence-electron chi connectivity index (χ3n) is 2.88. The van der Waals surface area contributed by atoms with E-state index in [1.54, 1.807) is 13.2 Å². The number of aromatic amines is 1. The standard InChI is InChI=1S/C15H18N2O2/c1-3-4-12-10-15(18)17-14(16-12)9-11-5-7-13(19-2)8-6-11/h5-8,10H,3-4,9H2,1-2H3,(H,16,17,18). The van der Waals surface area contributed by atoms with Gasteiger partial charge in [-0.3, -0.25) is 4.79 Å². The van der Waals surface area contributed by atoms with Crippen molar-refractivity contribution >= 4 is 0 Å². The van der Waals surface area contributed by atoms with Crippen LogP contribution >= 0.6 is 0 Å². The number of nitrogens with zero attached hydrogens (tertiary/aromatic N) is 1. The molecular formula is C15H18N2O2. The number of H-pyrrole nitrogens is 1. The summed E-state index contributed by atoms with van der Waals surface area (Å²) in [6.07, 6.45) is 2.44. The Labute approximate surface area is 112 Å². The second-order valence-corrected chi connectivity index (χ2v) is 4.46. The summed E-state index contributed by atoms with van der Waals surface area (Å²) >= 11 is 0. The highest BCUT2D eigenvalue weighted by atomic mass is 16.5. The van der Waals surface area contributed by atoms with Crippen molar-refractivity contribution < 1.29 is 4.74 Å². The normalized spacial score (nSPS) is 10.4. The molecule has 2 aromatic rings. The van der Waals surface area contributed by atoms with Crippen LogP contribution in [0.2, 0.25) is 0 Å². The molecule has 0 aliphatic carbocycles. The minimum Gasteiger partial charge on any atom is -0.497 e. The molecule has 1 aromatic heterocycles. The fourth-order valence-corrected chi connectivity index (χ4v) is 1.97. The maximum absolute atomic E-state index is 11.6. The Morgan fingerprint density at radius 1 is 1.26 bits per heavy atom. The Hall–Kier alpha value is -2.10. The fourth-order valence-electron chi connectivity index (χ4n) is 1.97. The van der Waals surface area contributed by atoms with Crippen molar-refractivity contribution in [2.45, 2.75) is 26.2 Å². The summed E-state index contributed by atoms with van der Waals surface area (Å²) in [6.45, 7) is 2.08. The number of rotatable bonds is 5. The molecule has 0 aliphatic heterocycles. The van der Waals surface area contributed by atoms with Gasteiger partial charge in [0, 0.05) is 18.2 Å². The van der Waals surface area contributed by atoms with Crippen LogP contribution in [0.15, 0.2) is 35.1 Å². The van der Waals surface area contributed by atoms with Crippen molar-refractivity contribution in [1.29, 1.82) is 0 Å². The van der Waals surface area contributed by atoms with E-state index in [0.717, 1.165) is 29.8 Å². The molecular weight excluding hydrogens is 240 g/mol. The number of aromatic nitrogens is 2. The zero-order chi connectivity index (χ0) is 13.7. The lowest BCUT2D eigenvalue weighted by Gasteiger charge is -2.05. The second kappa shape index (κ2) is 6.18. The Bertz CT molecular complexity index is 588. The molecule has 0 radical (unpaired) electrons. The molecule has 0 saturated heterocycles. The van der Waals surface area contributed by atoms with Gasteiger partial charge in [0.2, 0.25) is 0 Å². The van der Waals surface area contributed by atoms with Gasteiger partial charge in [0.05, 0.1) is 7.11 Å². The van der Waals surface area contributed by atoms with Crippen molar-refractivity contribution in [1.82, 2.24) is 9.97 Å². The van der Waals surface area contributed by atoms with Gasteiger partial charge < -0.3 is 9.72 Å². The van der Waals surface area contributed by atoms with E-state index in [4.69, 9.17) is 4.74 Å². The highest BCUT2D eigenvalue weighted by Crippen LogP contribution is 2.13. The van der Waals surface area contributed by atoms with Gasteiger partial charge in [-0.05, 0) is 24.1 Å². The van der Waals surface area contributed by atoms with Crippen LogP contribution in [0.5, 0.6) is 5.75 Å². The first-order valence-corrected chi connectivity index (χ1v) is 6.43. The largest absolute Gasteiger partial charge is 0.497 e. The molecule has 1 heterocycles. The summed E-state index contributed by atoms with van der Waals surface area (Å²) in [5.41, 5.74) is 1.87. The van der Waals surface area contributed by atoms with Crippen LogP contribution in [0.3, 0.4) is 0 Å². The number of methoxy groups -OCH3 is 1. The number of ether oxygens (including phenoxy) is 1. The molecule has 0 unspecified atom stereocenters. The van der Waals surface area contributed by atoms with E-state index >= 15 is 0 Å². The Balaban J connectivity index is 2.19. The third kappa shape index (κ3) is 3.68. The number of aryl methyl sites for hydroxylation is 1. The topological polar surface area (TPSA) is 55.0 Å². The molecule has 0 atom stereocenters. The van der Waals surface area contributed by atoms with Crippen LogP contribution in [-0.2, 0) is 12.8 Å². The van der Waals surface area contributed by atoms with Gasteiger partial charge in [-0.15, -0.1) is 0 Å². The average molecular weight is 258 g/mol. The van der Waals surface area contributed by atoms with Gasteiger partial charge in [-0.1, -0.05) is 25.5 Å². The summed E-state index contributed by atoms with van der Waals surface area (Å²) in [7, 11) is 1.64. The predicted molar refractivity (Wildman–Crippen MR) is 74.7 cm³/mol. The Kier molecular flexibility index (Phi) is 4.34. The van der Waals surface area contributed by atoms with Crippen molar-refractivity contribution in [2.24, 2.45) is 0 Å². The van der Waals surface area contributed by atoms with Crippen molar-refractivity contribution in [3.05, 3.63) is 57.8 Å². The smallest absolute Gasteiger partial charge is 0.251 e. The van der Waals surface area contributed by atoms with E-state index < -0.39 is 0 Å². The maximum Gasteiger partial charge on any atom is 0.251 e. The van der Waals surface area contributed by atoms with E-state index in [-0.39, 0.29) is 5.56 Å². The Morgan fingerprint density at radius 2 is 2.00 bits per heavy atom. The summed E-state index contributed by atoms with van der Waals surface area (Å²) in [4.78, 5) is 18.8. The first kappa shape index (κ1) is 13.3. The van der Waals surface area contributed by atoms with Crippen LogP contribution < -0.4 is 10.3 Å². The lowest BCUT2D eigenvalue weighted by molar-refractivity contribution is 0.414. The number of nitrogens with one attached hydrogen (secondary N) is 1. The lowest BCUT2D eigenvalue weighted by atomic mass is 10.1. The predicted octanol–water partition coefficient (Wildman–Crippen LogP) is 2.32. The van der Waals surface area contributed by atoms with E-state index in [9.17, 15) is 4.79 Å². The molecule has 1 aromatic carbocycles. The summed E-state index contributed by atoms with van der Waals surface area (Å²) < 4.78 is 5.12. The second-order valence-electron chi connectivity index (χ2n) is 4.46. The molecule has 0 bridgehead atoms. The third-order valence-corrected chi connectivity index (χ3v) is 2.88. The quantitative estimate of drug-likeness (QED) is 0.895. The zero-order valence-corrected chi connectivity index (χ0v) is 11.3. The van der Waals surface area contributed by atoms with E-state index in [1.807, 2.05) is 24.3 Å². The summed E-state index contributed by atoms with van der Waals surface area (Å²) in [6, 6.07) is 9.34. The molecule has 4 heteroatoms. The maximum atomic E-state index is 11.6. The van der Waals surface area contributed by atoms with E-state index in [0.29, 0.717) is 12.2 Å². The molecule has 4 nitrogen and oxygen atoms in total. The fraction of sp³-hybridized carbons (Fsp3) is 0.333. The van der Waals surface area contributed by atoms with Gasteiger partial charge >= 0.3 is 0 Å². The van der Waals surface area contributed by atoms with Gasteiger partial charge in [0.1, 0.15) is 11.6 Å². The Morgan fingerprint density at radius 3 is 2.63 bits per heavy atom. The van der Waals surface area contributed by atoms with Gasteiger partial charge in [0.25, 0.3) is 5.56 Å². The number of hydrogen-bond acceptors (Lipinski definition) is 3. The lowest BCUT2D eigenvalue weighted by Crippen LogP contribution is -2.13. The highest BCUT2D eigenvalue weighted by Gasteiger charge is 2.03. The van der Waals surface area contributed by atoms with E-state index in [1.165, 1.54) is 0 Å². The minimum absolute atomic E-state index is 0.0815. The minimum atomic E-state index is -0.0815. The molecule has 1 N–H and O–H groups in total. The monoisotopic (exact) mass is 258 g/mol.